The van der Waals surface area contributed by atoms with Crippen LogP contribution >= 0.6 is 34.8 Å². The van der Waals surface area contributed by atoms with E-state index >= 15 is 0 Å². The number of benzene rings is 1. The number of nitrogens with zero attached hydrogens (tertiary/aromatic N) is 5. The van der Waals surface area contributed by atoms with E-state index in [9.17, 15) is 9.90 Å². The van der Waals surface area contributed by atoms with Gasteiger partial charge >= 0.3 is 0 Å². The summed E-state index contributed by atoms with van der Waals surface area (Å²) in [5, 5.41) is 17.2. The van der Waals surface area contributed by atoms with Gasteiger partial charge in [-0.1, -0.05) is 40.9 Å². The van der Waals surface area contributed by atoms with Crippen LogP contribution in [0.25, 0.3) is 0 Å². The third-order valence-corrected chi connectivity index (χ3v) is 7.28. The van der Waals surface area contributed by atoms with Gasteiger partial charge < -0.3 is 10.0 Å². The van der Waals surface area contributed by atoms with Crippen LogP contribution in [0.2, 0.25) is 15.2 Å². The van der Waals surface area contributed by atoms with Crippen molar-refractivity contribution in [1.29, 1.82) is 0 Å². The van der Waals surface area contributed by atoms with E-state index < -0.39 is 6.23 Å². The largest absolute Gasteiger partial charge is 0.372 e. The molecule has 0 fully saturated rings. The summed E-state index contributed by atoms with van der Waals surface area (Å²) >= 11 is 18.0. The maximum Gasteiger partial charge on any atom is 0.254 e. The lowest BCUT2D eigenvalue weighted by Gasteiger charge is -2.36. The van der Waals surface area contributed by atoms with Crippen LogP contribution in [-0.2, 0) is 26.1 Å². The first-order valence-corrected chi connectivity index (χ1v) is 11.8. The number of aliphatic hydroxyl groups is 1. The van der Waals surface area contributed by atoms with Gasteiger partial charge in [-0.25, -0.2) is 4.98 Å². The molecule has 172 valence electrons. The molecule has 4 heterocycles. The van der Waals surface area contributed by atoms with Crippen molar-refractivity contribution in [1.82, 2.24) is 24.6 Å². The molecule has 0 saturated carbocycles. The molecule has 2 aromatic heterocycles. The van der Waals surface area contributed by atoms with E-state index in [1.807, 2.05) is 22.6 Å². The van der Waals surface area contributed by atoms with Crippen molar-refractivity contribution in [3.8, 4) is 0 Å². The van der Waals surface area contributed by atoms with Crippen LogP contribution in [-0.4, -0.2) is 48.2 Å². The molecule has 1 aromatic carbocycles. The number of rotatable bonds is 3. The highest BCUT2D eigenvalue weighted by Gasteiger charge is 2.37. The summed E-state index contributed by atoms with van der Waals surface area (Å²) in [6, 6.07) is 8.52. The van der Waals surface area contributed by atoms with Gasteiger partial charge in [0, 0.05) is 42.9 Å². The Labute approximate surface area is 206 Å². The molecule has 2 aliphatic rings. The number of aromatic nitrogens is 3. The zero-order chi connectivity index (χ0) is 23.3. The fraction of sp³-hybridized carbons (Fsp3) is 0.348. The highest BCUT2D eigenvalue weighted by molar-refractivity contribution is 6.42. The van der Waals surface area contributed by atoms with E-state index in [1.54, 1.807) is 35.4 Å². The number of carbonyl (C=O) groups excluding carboxylic acids is 1. The van der Waals surface area contributed by atoms with E-state index in [1.165, 1.54) is 0 Å². The molecule has 5 rings (SSSR count). The van der Waals surface area contributed by atoms with Gasteiger partial charge in [-0.2, -0.15) is 5.10 Å². The lowest BCUT2D eigenvalue weighted by molar-refractivity contribution is -0.0302. The van der Waals surface area contributed by atoms with Crippen LogP contribution < -0.4 is 0 Å². The smallest absolute Gasteiger partial charge is 0.254 e. The molecule has 10 heteroatoms. The van der Waals surface area contributed by atoms with Crippen molar-refractivity contribution in [3.05, 3.63) is 79.8 Å². The van der Waals surface area contributed by atoms with Gasteiger partial charge in [-0.05, 0) is 36.8 Å². The molecular formula is C23H22Cl3N5O2. The Morgan fingerprint density at radius 2 is 1.97 bits per heavy atom. The summed E-state index contributed by atoms with van der Waals surface area (Å²) in [6.45, 7) is 4.23. The van der Waals surface area contributed by atoms with Crippen molar-refractivity contribution < 1.29 is 9.90 Å². The maximum absolute atomic E-state index is 13.3. The minimum Gasteiger partial charge on any atom is -0.372 e. The van der Waals surface area contributed by atoms with E-state index in [4.69, 9.17) is 39.9 Å². The second kappa shape index (κ2) is 8.89. The fourth-order valence-corrected chi connectivity index (χ4v) is 4.97. The number of hydrogen-bond donors (Lipinski definition) is 1. The van der Waals surface area contributed by atoms with E-state index in [0.717, 1.165) is 22.5 Å². The topological polar surface area (TPSA) is 74.5 Å². The summed E-state index contributed by atoms with van der Waals surface area (Å²) < 4.78 is 1.88. The van der Waals surface area contributed by atoms with Crippen molar-refractivity contribution in [2.24, 2.45) is 0 Å². The van der Waals surface area contributed by atoms with Crippen molar-refractivity contribution >= 4 is 40.7 Å². The SMILES string of the molecule is C[C@@H]1Cc2nn3c(c2CN1C(=O)c1ccc(Cl)c(Cl)c1)C(O)N(Cc1ccc(Cl)nc1)CC3. The number of halogens is 3. The molecule has 1 amide bonds. The summed E-state index contributed by atoms with van der Waals surface area (Å²) in [5.74, 6) is -0.124. The van der Waals surface area contributed by atoms with Crippen molar-refractivity contribution in [2.75, 3.05) is 6.54 Å². The third kappa shape index (κ3) is 4.24. The highest BCUT2D eigenvalue weighted by Crippen LogP contribution is 2.35. The third-order valence-electron chi connectivity index (χ3n) is 6.32. The number of carbonyl (C=O) groups is 1. The van der Waals surface area contributed by atoms with Crippen molar-refractivity contribution in [2.45, 2.75) is 45.2 Å². The molecule has 0 saturated heterocycles. The van der Waals surface area contributed by atoms with Crippen LogP contribution in [0, 0.1) is 0 Å². The fourth-order valence-electron chi connectivity index (χ4n) is 4.56. The lowest BCUT2D eigenvalue weighted by atomic mass is 9.97. The first-order chi connectivity index (χ1) is 15.8. The molecule has 0 bridgehead atoms. The molecule has 0 radical (unpaired) electrons. The Morgan fingerprint density at radius 3 is 2.70 bits per heavy atom. The summed E-state index contributed by atoms with van der Waals surface area (Å²) in [5.41, 5.74) is 4.04. The first-order valence-electron chi connectivity index (χ1n) is 10.7. The minimum absolute atomic E-state index is 0.0372. The molecule has 1 N–H and O–H groups in total. The standard InChI is InChI=1S/C23H22Cl3N5O2/c1-13-8-19-16(12-30(13)22(32)15-3-4-17(24)18(25)9-15)21-23(33)29(6-7-31(21)28-19)11-14-2-5-20(26)27-10-14/h2-5,9-10,13,23,33H,6-8,11-12H2,1H3/t13-,23?/m1/s1. The number of amides is 1. The quantitative estimate of drug-likeness (QED) is 0.535. The van der Waals surface area contributed by atoms with E-state index in [0.29, 0.717) is 53.4 Å². The number of aliphatic hydroxyl groups excluding tert-OH is 1. The average Bonchev–Trinajstić information content (AvgIpc) is 3.16. The van der Waals surface area contributed by atoms with Gasteiger partial charge in [0.25, 0.3) is 5.91 Å². The molecule has 2 atom stereocenters. The Kier molecular flexibility index (Phi) is 6.09. The monoisotopic (exact) mass is 505 g/mol. The predicted octanol–water partition coefficient (Wildman–Crippen LogP) is 4.33. The molecule has 2 aliphatic heterocycles. The normalized spacial score (nSPS) is 20.5. The Morgan fingerprint density at radius 1 is 1.15 bits per heavy atom. The summed E-state index contributed by atoms with van der Waals surface area (Å²) in [4.78, 5) is 21.2. The van der Waals surface area contributed by atoms with Gasteiger partial charge in [0.1, 0.15) is 5.15 Å². The second-order valence-electron chi connectivity index (χ2n) is 8.48. The first kappa shape index (κ1) is 22.6. The zero-order valence-corrected chi connectivity index (χ0v) is 20.1. The lowest BCUT2D eigenvalue weighted by Crippen LogP contribution is -2.43. The summed E-state index contributed by atoms with van der Waals surface area (Å²) in [6.07, 6.45) is 1.51. The Bertz CT molecular complexity index is 1210. The average molecular weight is 507 g/mol. The van der Waals surface area contributed by atoms with Crippen LogP contribution in [0.3, 0.4) is 0 Å². The molecule has 7 nitrogen and oxygen atoms in total. The van der Waals surface area contributed by atoms with Gasteiger partial charge in [0.15, 0.2) is 6.23 Å². The predicted molar refractivity (Wildman–Crippen MR) is 126 cm³/mol. The molecule has 33 heavy (non-hydrogen) atoms. The maximum atomic E-state index is 13.3. The van der Waals surface area contributed by atoms with Gasteiger partial charge in [0.05, 0.1) is 34.5 Å². The van der Waals surface area contributed by atoms with Crippen LogP contribution in [0.4, 0.5) is 0 Å². The molecule has 3 aromatic rings. The van der Waals surface area contributed by atoms with Crippen LogP contribution in [0.1, 0.15) is 46.0 Å². The molecule has 1 unspecified atom stereocenters. The number of pyridine rings is 1. The molecule has 0 aliphatic carbocycles. The van der Waals surface area contributed by atoms with E-state index in [2.05, 4.69) is 4.98 Å². The van der Waals surface area contributed by atoms with Crippen LogP contribution in [0.5, 0.6) is 0 Å². The minimum atomic E-state index is -0.832. The zero-order valence-electron chi connectivity index (χ0n) is 17.9. The van der Waals surface area contributed by atoms with E-state index in [-0.39, 0.29) is 11.9 Å². The second-order valence-corrected chi connectivity index (χ2v) is 9.68. The van der Waals surface area contributed by atoms with Crippen molar-refractivity contribution in [3.63, 3.8) is 0 Å². The summed E-state index contributed by atoms with van der Waals surface area (Å²) in [7, 11) is 0. The van der Waals surface area contributed by atoms with Gasteiger partial charge in [0.2, 0.25) is 0 Å². The van der Waals surface area contributed by atoms with Gasteiger partial charge in [-0.15, -0.1) is 0 Å². The molecule has 0 spiro atoms. The van der Waals surface area contributed by atoms with Gasteiger partial charge in [-0.3, -0.25) is 14.4 Å². The number of fused-ring (bicyclic) bond motifs is 3. The Hall–Kier alpha value is -2.16. The molecular weight excluding hydrogens is 485 g/mol. The van der Waals surface area contributed by atoms with Crippen LogP contribution in [0.15, 0.2) is 36.5 Å². The highest BCUT2D eigenvalue weighted by atomic mass is 35.5. The number of hydrogen-bond acceptors (Lipinski definition) is 5. The Balaban J connectivity index is 1.41.